The Kier molecular flexibility index (Phi) is 22.1. The molecule has 0 radical (unpaired) electrons. The number of aromatic nitrogens is 4. The number of carbonyl (C=O) groups is 1. The minimum atomic E-state index is -0.220. The van der Waals surface area contributed by atoms with Crippen LogP contribution < -0.4 is 55.1 Å². The number of hydrogen-bond acceptors (Lipinski definition) is 7. The number of methoxy groups -OCH3 is 6. The van der Waals surface area contributed by atoms with E-state index in [1.54, 1.807) is 42.7 Å². The number of aromatic amines is 4. The third kappa shape index (κ3) is 16.7. The largest absolute Gasteiger partial charge is 0.497 e. The van der Waals surface area contributed by atoms with E-state index in [9.17, 15) is 4.79 Å². The molecular formula is C88H89N5O7. The maximum absolute atomic E-state index is 13.9. The van der Waals surface area contributed by atoms with Crippen molar-refractivity contribution in [3.05, 3.63) is 342 Å². The predicted octanol–water partition coefficient (Wildman–Crippen LogP) is 17.2. The summed E-state index contributed by atoms with van der Waals surface area (Å²) >= 11 is 0. The van der Waals surface area contributed by atoms with Crippen molar-refractivity contribution in [2.45, 2.75) is 67.7 Å². The first kappa shape index (κ1) is 69.7. The van der Waals surface area contributed by atoms with E-state index in [0.717, 1.165) is 105 Å². The number of fused-ring (bicyclic) bond motifs is 8. The molecule has 0 unspecified atom stereocenters. The Hall–Kier alpha value is -11.6. The van der Waals surface area contributed by atoms with Gasteiger partial charge in [0.1, 0.15) is 34.5 Å². The van der Waals surface area contributed by atoms with Crippen LogP contribution in [0.3, 0.4) is 0 Å². The van der Waals surface area contributed by atoms with Crippen LogP contribution in [0.15, 0.2) is 264 Å². The molecule has 5 N–H and O–H groups in total. The Labute approximate surface area is 587 Å². The number of benzene rings is 5. The van der Waals surface area contributed by atoms with Gasteiger partial charge in [-0.2, -0.15) is 0 Å². The Bertz CT molecular complexity index is 5050. The summed E-state index contributed by atoms with van der Waals surface area (Å²) in [6.07, 6.45) is 33.5. The zero-order valence-electron chi connectivity index (χ0n) is 59.5. The normalized spacial score (nSPS) is 14.8. The van der Waals surface area contributed by atoms with Crippen molar-refractivity contribution in [3.8, 4) is 34.5 Å². The Morgan fingerprint density at radius 3 is 1.15 bits per heavy atom. The van der Waals surface area contributed by atoms with Gasteiger partial charge in [0.2, 0.25) is 0 Å². The SMILES string of the molecule is COc1cc(OC)cc(C2=c3ccc([nH]3)=C(c3ccc(NC(=O)c4ccc(C=CC(C)=CC=CC(C)=CC=CC=C(C)C=CC=C(C)C=CC5=C(C)CCCC5(C)C)cc4)cc3)c3ccc([nH]3)C(c3cc(OC)cc(OC)c3)=c3ccc([nH]3)=C(c3cc(OC)cc(OC)c3)c3ccc2[nH]3)c1. The first-order valence-corrected chi connectivity index (χ1v) is 33.7. The lowest BCUT2D eigenvalue weighted by Crippen LogP contribution is -2.19. The van der Waals surface area contributed by atoms with Crippen LogP contribution in [0.25, 0.3) is 28.4 Å². The minimum Gasteiger partial charge on any atom is -0.497 e. The van der Waals surface area contributed by atoms with Gasteiger partial charge in [0.15, 0.2) is 0 Å². The number of rotatable bonds is 22. The monoisotopic (exact) mass is 1330 g/mol. The van der Waals surface area contributed by atoms with E-state index >= 15 is 0 Å². The Morgan fingerprint density at radius 2 is 0.770 bits per heavy atom. The zero-order valence-corrected chi connectivity index (χ0v) is 59.5. The highest BCUT2D eigenvalue weighted by Crippen LogP contribution is 2.41. The minimum absolute atomic E-state index is 0.220. The van der Waals surface area contributed by atoms with Gasteiger partial charge >= 0.3 is 0 Å². The average molecular weight is 1330 g/mol. The Morgan fingerprint density at radius 1 is 0.410 bits per heavy atom. The predicted molar refractivity (Wildman–Crippen MR) is 409 cm³/mol. The molecule has 100 heavy (non-hydrogen) atoms. The molecule has 508 valence electrons. The van der Waals surface area contributed by atoms with Crippen LogP contribution in [0, 0.1) is 5.41 Å². The summed E-state index contributed by atoms with van der Waals surface area (Å²) in [6, 6.07) is 49.9. The summed E-state index contributed by atoms with van der Waals surface area (Å²) in [5.74, 6) is 3.59. The lowest BCUT2D eigenvalue weighted by molar-refractivity contribution is 0.102. The number of nitrogens with one attached hydrogen (secondary N) is 5. The van der Waals surface area contributed by atoms with Gasteiger partial charge in [-0.3, -0.25) is 4.79 Å². The van der Waals surface area contributed by atoms with E-state index in [-0.39, 0.29) is 11.3 Å². The molecular weight excluding hydrogens is 1240 g/mol. The van der Waals surface area contributed by atoms with Crippen molar-refractivity contribution in [2.24, 2.45) is 5.41 Å². The fourth-order valence-corrected chi connectivity index (χ4v) is 12.9. The second-order valence-electron chi connectivity index (χ2n) is 25.9. The highest BCUT2D eigenvalue weighted by atomic mass is 16.5. The van der Waals surface area contributed by atoms with Gasteiger partial charge in [0, 0.05) is 95.9 Å². The maximum atomic E-state index is 13.9. The van der Waals surface area contributed by atoms with Crippen LogP contribution in [0.2, 0.25) is 0 Å². The van der Waals surface area contributed by atoms with Crippen LogP contribution in [0.4, 0.5) is 5.69 Å². The van der Waals surface area contributed by atoms with Gasteiger partial charge in [-0.1, -0.05) is 151 Å². The second-order valence-corrected chi connectivity index (χ2v) is 25.9. The maximum Gasteiger partial charge on any atom is 0.255 e. The summed E-state index contributed by atoms with van der Waals surface area (Å²) in [4.78, 5) is 29.4. The lowest BCUT2D eigenvalue weighted by atomic mass is 9.72. The highest BCUT2D eigenvalue weighted by Gasteiger charge is 2.27. The molecule has 1 aliphatic heterocycles. The second kappa shape index (κ2) is 31.7. The number of amides is 1. The molecule has 0 saturated carbocycles. The van der Waals surface area contributed by atoms with Gasteiger partial charge in [-0.15, -0.1) is 0 Å². The third-order valence-electron chi connectivity index (χ3n) is 18.3. The molecule has 0 atom stereocenters. The van der Waals surface area contributed by atoms with Crippen molar-refractivity contribution in [1.29, 1.82) is 0 Å². The third-order valence-corrected chi connectivity index (χ3v) is 18.3. The van der Waals surface area contributed by atoms with E-state index < -0.39 is 0 Å². The molecule has 5 heterocycles. The first-order valence-electron chi connectivity index (χ1n) is 33.7. The highest BCUT2D eigenvalue weighted by molar-refractivity contribution is 6.04. The molecule has 0 spiro atoms. The standard InChI is InChI=1S/C88H89N5O7/c1-56(19-14-15-20-57(2)22-17-24-59(4)27-37-74-60(5)25-18-46-88(74,6)7)21-16-23-58(3)26-28-61-29-31-63(32-30-61)87(94)89-67-35-33-62(34-36-67)83-75-38-40-77(90-75)84(64-47-68(95-8)53-69(48-64)96-9)79-42-44-81(92-79)86(66-51-72(99-12)55-73(52-66)100-13)82-45-43-80(93-82)85(78-41-39-76(83)91-78)65-49-70(97-10)54-71(50-65)98-11/h14-17,19-24,26-45,47-55,90-93H,18,25,46H2,1-13H3,(H,89,94). The smallest absolute Gasteiger partial charge is 0.255 e. The quantitative estimate of drug-likeness (QED) is 0.0425. The summed E-state index contributed by atoms with van der Waals surface area (Å²) in [5.41, 5.74) is 20.3. The van der Waals surface area contributed by atoms with Crippen LogP contribution >= 0.6 is 0 Å². The molecule has 2 aliphatic rings. The van der Waals surface area contributed by atoms with E-state index in [2.05, 4.69) is 207 Å². The van der Waals surface area contributed by atoms with E-state index in [4.69, 9.17) is 28.4 Å². The number of anilines is 1. The molecule has 12 nitrogen and oxygen atoms in total. The van der Waals surface area contributed by atoms with Gasteiger partial charge in [0.25, 0.3) is 5.91 Å². The van der Waals surface area contributed by atoms with Gasteiger partial charge in [0.05, 0.1) is 42.7 Å². The molecule has 11 rings (SSSR count). The van der Waals surface area contributed by atoms with Gasteiger partial charge in [-0.05, 0) is 202 Å². The lowest BCUT2D eigenvalue weighted by Gasteiger charge is -2.32. The van der Waals surface area contributed by atoms with Gasteiger partial charge < -0.3 is 53.7 Å². The van der Waals surface area contributed by atoms with Crippen LogP contribution in [0.5, 0.6) is 34.5 Å². The molecule has 4 aromatic heterocycles. The average Bonchev–Trinajstić information content (AvgIpc) is 1.60. The molecule has 5 aromatic carbocycles. The van der Waals surface area contributed by atoms with Gasteiger partial charge in [-0.25, -0.2) is 0 Å². The van der Waals surface area contributed by atoms with E-state index in [1.165, 1.54) is 41.6 Å². The van der Waals surface area contributed by atoms with Crippen LogP contribution in [0.1, 0.15) is 129 Å². The van der Waals surface area contributed by atoms with Crippen molar-refractivity contribution in [1.82, 2.24) is 19.9 Å². The molecule has 0 saturated heterocycles. The summed E-state index contributed by atoms with van der Waals surface area (Å²) < 4.78 is 35.2. The number of ether oxygens (including phenoxy) is 6. The van der Waals surface area contributed by atoms with Crippen molar-refractivity contribution in [3.63, 3.8) is 0 Å². The number of allylic oxidation sites excluding steroid dienone is 19. The fourth-order valence-electron chi connectivity index (χ4n) is 12.9. The number of H-pyrrole nitrogens is 4. The van der Waals surface area contributed by atoms with Crippen LogP contribution in [-0.4, -0.2) is 68.5 Å². The number of hydrogen-bond donors (Lipinski definition) is 5. The van der Waals surface area contributed by atoms with Crippen molar-refractivity contribution >= 4 is 40.0 Å². The summed E-state index contributed by atoms with van der Waals surface area (Å²) in [7, 11) is 9.91. The molecule has 1 amide bonds. The number of carbonyl (C=O) groups excluding carboxylic acids is 1. The Balaban J connectivity index is 0.859. The van der Waals surface area contributed by atoms with Crippen molar-refractivity contribution in [2.75, 3.05) is 48.0 Å². The summed E-state index contributed by atoms with van der Waals surface area (Å²) in [5, 5.41) is 6.44. The summed E-state index contributed by atoms with van der Waals surface area (Å²) in [6.45, 7) is 15.4. The van der Waals surface area contributed by atoms with E-state index in [1.807, 2.05) is 103 Å². The van der Waals surface area contributed by atoms with Crippen molar-refractivity contribution < 1.29 is 33.2 Å². The molecule has 1 aliphatic carbocycles. The zero-order chi connectivity index (χ0) is 70.5. The molecule has 0 fully saturated rings. The van der Waals surface area contributed by atoms with Crippen LogP contribution in [-0.2, 0) is 0 Å². The van der Waals surface area contributed by atoms with E-state index in [0.29, 0.717) is 45.7 Å². The molecule has 8 bridgehead atoms. The fraction of sp³-hybridized carbons (Fsp3) is 0.193. The molecule has 9 aromatic rings. The first-order chi connectivity index (χ1) is 48.4. The topological polar surface area (TPSA) is 148 Å². The molecule has 12 heteroatoms.